The fraction of sp³-hybridized carbons (Fsp3) is 0.350. The molecule has 27 heavy (non-hydrogen) atoms. The summed E-state index contributed by atoms with van der Waals surface area (Å²) in [5.41, 5.74) is 10.2. The molecular formula is C20H28N4O2S. The molecule has 0 aromatic heterocycles. The van der Waals surface area contributed by atoms with E-state index >= 15 is 0 Å². The van der Waals surface area contributed by atoms with Gasteiger partial charge in [0, 0.05) is 12.2 Å². The second-order valence-electron chi connectivity index (χ2n) is 6.18. The summed E-state index contributed by atoms with van der Waals surface area (Å²) in [5, 5.41) is 3.14. The van der Waals surface area contributed by atoms with Crippen molar-refractivity contribution in [2.75, 3.05) is 17.6 Å². The van der Waals surface area contributed by atoms with Crippen molar-refractivity contribution in [3.8, 4) is 0 Å². The number of aliphatic imine (C=N–C) groups is 1. The minimum atomic E-state index is -3.41. The van der Waals surface area contributed by atoms with Crippen LogP contribution in [0.1, 0.15) is 30.5 Å². The van der Waals surface area contributed by atoms with E-state index in [1.54, 1.807) is 0 Å². The van der Waals surface area contributed by atoms with Crippen LogP contribution in [0.15, 0.2) is 53.5 Å². The fourth-order valence-electron chi connectivity index (χ4n) is 2.72. The smallest absolute Gasteiger partial charge is 0.213 e. The number of nitrogens with two attached hydrogens (primary N) is 1. The van der Waals surface area contributed by atoms with E-state index in [2.05, 4.69) is 28.9 Å². The van der Waals surface area contributed by atoms with Gasteiger partial charge < -0.3 is 11.1 Å². The molecule has 0 spiro atoms. The molecule has 0 aliphatic rings. The topological polar surface area (TPSA) is 96.6 Å². The van der Waals surface area contributed by atoms with Crippen LogP contribution in [0.5, 0.6) is 0 Å². The standard InChI is InChI=1S/C20H28N4O2S/c1-3-17-11-8-12-18(4-2)19(17)24-20(21)22-13-14-27(25,26)23-15-16-9-6-5-7-10-16/h5-12,23H,3-4,13-15H2,1-2H3,(H3,21,22,24). The molecule has 0 amide bonds. The molecule has 0 saturated heterocycles. The first-order chi connectivity index (χ1) is 12.9. The second-order valence-corrected chi connectivity index (χ2v) is 8.10. The van der Waals surface area contributed by atoms with Gasteiger partial charge in [0.15, 0.2) is 5.96 Å². The molecule has 0 fully saturated rings. The van der Waals surface area contributed by atoms with Gasteiger partial charge in [-0.05, 0) is 29.5 Å². The van der Waals surface area contributed by atoms with Crippen LogP contribution in [-0.2, 0) is 29.4 Å². The van der Waals surface area contributed by atoms with Gasteiger partial charge in [-0.25, -0.2) is 13.1 Å². The summed E-state index contributed by atoms with van der Waals surface area (Å²) >= 11 is 0. The molecule has 2 aromatic rings. The van der Waals surface area contributed by atoms with Gasteiger partial charge >= 0.3 is 0 Å². The van der Waals surface area contributed by atoms with Crippen LogP contribution < -0.4 is 15.8 Å². The van der Waals surface area contributed by atoms with Gasteiger partial charge in [-0.3, -0.25) is 4.99 Å². The molecule has 0 unspecified atom stereocenters. The Morgan fingerprint density at radius 3 is 2.22 bits per heavy atom. The Kier molecular flexibility index (Phi) is 7.82. The van der Waals surface area contributed by atoms with E-state index in [9.17, 15) is 8.42 Å². The zero-order valence-corrected chi connectivity index (χ0v) is 16.7. The summed E-state index contributed by atoms with van der Waals surface area (Å²) in [5.74, 6) is 0.113. The minimum absolute atomic E-state index is 0.0959. The number of rotatable bonds is 9. The summed E-state index contributed by atoms with van der Waals surface area (Å²) in [4.78, 5) is 4.17. The summed E-state index contributed by atoms with van der Waals surface area (Å²) in [7, 11) is -3.41. The van der Waals surface area contributed by atoms with Gasteiger partial charge in [0.2, 0.25) is 10.0 Å². The molecule has 2 rings (SSSR count). The zero-order valence-electron chi connectivity index (χ0n) is 15.9. The van der Waals surface area contributed by atoms with Crippen molar-refractivity contribution in [1.82, 2.24) is 4.72 Å². The molecule has 4 N–H and O–H groups in total. The number of nitrogens with zero attached hydrogens (tertiary/aromatic N) is 1. The Hall–Kier alpha value is -2.38. The van der Waals surface area contributed by atoms with Crippen molar-refractivity contribution in [2.24, 2.45) is 10.7 Å². The van der Waals surface area contributed by atoms with Crippen molar-refractivity contribution in [3.05, 3.63) is 65.2 Å². The number of nitrogens with one attached hydrogen (secondary N) is 2. The van der Waals surface area contributed by atoms with Gasteiger partial charge in [-0.15, -0.1) is 0 Å². The van der Waals surface area contributed by atoms with Crippen LogP contribution in [0.25, 0.3) is 0 Å². The molecule has 146 valence electrons. The highest BCUT2D eigenvalue weighted by atomic mass is 32.2. The van der Waals surface area contributed by atoms with Crippen molar-refractivity contribution in [1.29, 1.82) is 0 Å². The number of hydrogen-bond donors (Lipinski definition) is 3. The van der Waals surface area contributed by atoms with Crippen molar-refractivity contribution in [3.63, 3.8) is 0 Å². The number of sulfonamides is 1. The van der Waals surface area contributed by atoms with E-state index in [1.807, 2.05) is 48.5 Å². The van der Waals surface area contributed by atoms with E-state index in [-0.39, 0.29) is 24.8 Å². The van der Waals surface area contributed by atoms with Gasteiger partial charge in [-0.2, -0.15) is 0 Å². The molecule has 7 heteroatoms. The van der Waals surface area contributed by atoms with Gasteiger partial charge in [0.25, 0.3) is 0 Å². The minimum Gasteiger partial charge on any atom is -0.370 e. The van der Waals surface area contributed by atoms with Crippen molar-refractivity contribution >= 4 is 21.7 Å². The van der Waals surface area contributed by atoms with E-state index in [1.165, 1.54) is 0 Å². The number of para-hydroxylation sites is 1. The Morgan fingerprint density at radius 1 is 1.00 bits per heavy atom. The average Bonchev–Trinajstić information content (AvgIpc) is 2.67. The van der Waals surface area contributed by atoms with Gasteiger partial charge in [0.1, 0.15) is 0 Å². The van der Waals surface area contributed by atoms with Crippen molar-refractivity contribution in [2.45, 2.75) is 33.2 Å². The number of benzene rings is 2. The zero-order chi connectivity index (χ0) is 19.7. The molecule has 0 heterocycles. The molecule has 0 saturated carbocycles. The Labute approximate surface area is 162 Å². The van der Waals surface area contributed by atoms with E-state index in [0.717, 1.165) is 35.2 Å². The summed E-state index contributed by atoms with van der Waals surface area (Å²) < 4.78 is 26.8. The highest BCUT2D eigenvalue weighted by Gasteiger charge is 2.10. The number of hydrogen-bond acceptors (Lipinski definition) is 3. The number of guanidine groups is 1. The Bertz CT molecular complexity index is 843. The summed E-state index contributed by atoms with van der Waals surface area (Å²) in [6, 6.07) is 15.5. The van der Waals surface area contributed by atoms with E-state index < -0.39 is 10.0 Å². The molecule has 0 aliphatic carbocycles. The first kappa shape index (κ1) is 20.9. The molecule has 6 nitrogen and oxygen atoms in total. The SMILES string of the molecule is CCc1cccc(CC)c1NC(N)=NCCS(=O)(=O)NCc1ccccc1. The van der Waals surface area contributed by atoms with Gasteiger partial charge in [0.05, 0.1) is 12.3 Å². The highest BCUT2D eigenvalue weighted by Crippen LogP contribution is 2.22. The lowest BCUT2D eigenvalue weighted by atomic mass is 10.0. The fourth-order valence-corrected chi connectivity index (χ4v) is 3.58. The average molecular weight is 389 g/mol. The van der Waals surface area contributed by atoms with Crippen LogP contribution >= 0.6 is 0 Å². The lowest BCUT2D eigenvalue weighted by Gasteiger charge is -2.14. The monoisotopic (exact) mass is 388 g/mol. The molecule has 0 radical (unpaired) electrons. The molecule has 0 atom stereocenters. The van der Waals surface area contributed by atoms with Gasteiger partial charge in [-0.1, -0.05) is 62.4 Å². The maximum atomic E-state index is 12.1. The lowest BCUT2D eigenvalue weighted by Crippen LogP contribution is -2.29. The van der Waals surface area contributed by atoms with Crippen LogP contribution in [0.3, 0.4) is 0 Å². The van der Waals surface area contributed by atoms with Crippen molar-refractivity contribution < 1.29 is 8.42 Å². The third kappa shape index (κ3) is 6.69. The summed E-state index contributed by atoms with van der Waals surface area (Å²) in [6.07, 6.45) is 1.75. The first-order valence-electron chi connectivity index (χ1n) is 9.14. The highest BCUT2D eigenvalue weighted by molar-refractivity contribution is 7.89. The largest absolute Gasteiger partial charge is 0.370 e. The van der Waals surface area contributed by atoms with Crippen LogP contribution in [0.4, 0.5) is 5.69 Å². The Morgan fingerprint density at radius 2 is 1.63 bits per heavy atom. The maximum Gasteiger partial charge on any atom is 0.213 e. The third-order valence-corrected chi connectivity index (χ3v) is 5.54. The maximum absolute atomic E-state index is 12.1. The first-order valence-corrected chi connectivity index (χ1v) is 10.8. The number of aryl methyl sites for hydroxylation is 2. The van der Waals surface area contributed by atoms with Crippen LogP contribution in [0, 0.1) is 0 Å². The van der Waals surface area contributed by atoms with Crippen LogP contribution in [0.2, 0.25) is 0 Å². The Balaban J connectivity index is 1.92. The number of anilines is 1. The predicted octanol–water partition coefficient (Wildman–Crippen LogP) is 2.66. The molecule has 0 aliphatic heterocycles. The summed E-state index contributed by atoms with van der Waals surface area (Å²) in [6.45, 7) is 4.53. The second kappa shape index (κ2) is 10.1. The quantitative estimate of drug-likeness (QED) is 0.454. The normalized spacial score (nSPS) is 12.1. The lowest BCUT2D eigenvalue weighted by molar-refractivity contribution is 0.581. The molecule has 2 aromatic carbocycles. The predicted molar refractivity (Wildman–Crippen MR) is 112 cm³/mol. The van der Waals surface area contributed by atoms with Crippen LogP contribution in [-0.4, -0.2) is 26.7 Å². The molecular weight excluding hydrogens is 360 g/mol. The molecule has 0 bridgehead atoms. The van der Waals surface area contributed by atoms with E-state index in [0.29, 0.717) is 0 Å². The third-order valence-electron chi connectivity index (χ3n) is 4.23. The van der Waals surface area contributed by atoms with E-state index in [4.69, 9.17) is 5.73 Å².